The van der Waals surface area contributed by atoms with Crippen molar-refractivity contribution in [2.75, 3.05) is 39.3 Å². The Bertz CT molecular complexity index is 604. The highest BCUT2D eigenvalue weighted by Crippen LogP contribution is 2.17. The average molecular weight is 288 g/mol. The van der Waals surface area contributed by atoms with E-state index in [1.165, 1.54) is 0 Å². The quantitative estimate of drug-likeness (QED) is 0.833. The molecule has 1 saturated heterocycles. The first-order chi connectivity index (χ1) is 10.3. The van der Waals surface area contributed by atoms with Gasteiger partial charge in [-0.1, -0.05) is 17.3 Å². The number of carbonyl (C=O) groups is 1. The van der Waals surface area contributed by atoms with E-state index in [1.54, 1.807) is 0 Å². The Labute approximate surface area is 123 Å². The second-order valence-corrected chi connectivity index (χ2v) is 5.24. The summed E-state index contributed by atoms with van der Waals surface area (Å²) in [6.07, 6.45) is 0.262. The number of hydrogen-bond acceptors (Lipinski definition) is 5. The van der Waals surface area contributed by atoms with Crippen LogP contribution in [0.1, 0.15) is 5.69 Å². The average Bonchev–Trinajstić information content (AvgIpc) is 2.92. The first-order valence-electron chi connectivity index (χ1n) is 7.36. The van der Waals surface area contributed by atoms with Crippen LogP contribution >= 0.6 is 0 Å². The molecule has 1 aromatic carbocycles. The third-order valence-electron chi connectivity index (χ3n) is 3.74. The predicted octanol–water partition coefficient (Wildman–Crippen LogP) is 0.392. The highest BCUT2D eigenvalue weighted by molar-refractivity contribution is 5.86. The van der Waals surface area contributed by atoms with Gasteiger partial charge in [0, 0.05) is 44.7 Å². The van der Waals surface area contributed by atoms with Gasteiger partial charge < -0.3 is 15.2 Å². The van der Waals surface area contributed by atoms with E-state index in [2.05, 4.69) is 20.7 Å². The van der Waals surface area contributed by atoms with Crippen molar-refractivity contribution in [3.05, 3.63) is 30.0 Å². The van der Waals surface area contributed by atoms with Gasteiger partial charge in [-0.25, -0.2) is 0 Å². The SMILES string of the molecule is O=C(Cc1noc2ccccc12)NCCN1CCNCC1. The molecule has 112 valence electrons. The molecule has 1 amide bonds. The van der Waals surface area contributed by atoms with E-state index in [-0.39, 0.29) is 12.3 Å². The molecule has 2 N–H and O–H groups in total. The Hall–Kier alpha value is -1.92. The zero-order valence-corrected chi connectivity index (χ0v) is 12.0. The minimum atomic E-state index is -0.0100. The van der Waals surface area contributed by atoms with E-state index < -0.39 is 0 Å². The Morgan fingerprint density at radius 2 is 2.14 bits per heavy atom. The Kier molecular flexibility index (Phi) is 4.47. The number of benzene rings is 1. The van der Waals surface area contributed by atoms with Crippen molar-refractivity contribution >= 4 is 16.9 Å². The number of amides is 1. The van der Waals surface area contributed by atoms with Crippen LogP contribution in [-0.4, -0.2) is 55.2 Å². The maximum absolute atomic E-state index is 12.0. The number of para-hydroxylation sites is 1. The van der Waals surface area contributed by atoms with Gasteiger partial charge in [-0.2, -0.15) is 0 Å². The summed E-state index contributed by atoms with van der Waals surface area (Å²) in [6, 6.07) is 7.60. The van der Waals surface area contributed by atoms with Crippen LogP contribution in [0.15, 0.2) is 28.8 Å². The molecule has 3 rings (SSSR count). The number of nitrogens with zero attached hydrogens (tertiary/aromatic N) is 2. The van der Waals surface area contributed by atoms with Crippen LogP contribution < -0.4 is 10.6 Å². The summed E-state index contributed by atoms with van der Waals surface area (Å²) in [6.45, 7) is 5.72. The van der Waals surface area contributed by atoms with Gasteiger partial charge in [-0.15, -0.1) is 0 Å². The largest absolute Gasteiger partial charge is 0.356 e. The van der Waals surface area contributed by atoms with E-state index in [0.29, 0.717) is 12.2 Å². The molecule has 0 aliphatic carbocycles. The summed E-state index contributed by atoms with van der Waals surface area (Å²) < 4.78 is 5.20. The predicted molar refractivity (Wildman–Crippen MR) is 80.0 cm³/mol. The fourth-order valence-electron chi connectivity index (χ4n) is 2.57. The van der Waals surface area contributed by atoms with Crippen molar-refractivity contribution in [3.63, 3.8) is 0 Å². The number of hydrogen-bond donors (Lipinski definition) is 2. The normalized spacial score (nSPS) is 16.2. The van der Waals surface area contributed by atoms with E-state index >= 15 is 0 Å². The van der Waals surface area contributed by atoms with Crippen molar-refractivity contribution in [1.82, 2.24) is 20.7 Å². The van der Waals surface area contributed by atoms with Gasteiger partial charge in [-0.3, -0.25) is 9.69 Å². The summed E-state index contributed by atoms with van der Waals surface area (Å²) in [4.78, 5) is 14.3. The van der Waals surface area contributed by atoms with Gasteiger partial charge in [0.2, 0.25) is 5.91 Å². The van der Waals surface area contributed by atoms with E-state index in [1.807, 2.05) is 24.3 Å². The summed E-state index contributed by atoms with van der Waals surface area (Å²) in [7, 11) is 0. The first kappa shape index (κ1) is 14.0. The molecule has 2 heterocycles. The highest BCUT2D eigenvalue weighted by atomic mass is 16.5. The molecule has 1 aliphatic rings. The van der Waals surface area contributed by atoms with Crippen molar-refractivity contribution in [2.24, 2.45) is 0 Å². The Morgan fingerprint density at radius 3 is 3.00 bits per heavy atom. The van der Waals surface area contributed by atoms with Gasteiger partial charge in [-0.05, 0) is 12.1 Å². The van der Waals surface area contributed by atoms with Gasteiger partial charge >= 0.3 is 0 Å². The lowest BCUT2D eigenvalue weighted by molar-refractivity contribution is -0.120. The lowest BCUT2D eigenvalue weighted by Gasteiger charge is -2.27. The molecular formula is C15H20N4O2. The van der Waals surface area contributed by atoms with Crippen LogP contribution in [0.25, 0.3) is 11.0 Å². The molecule has 6 heteroatoms. The van der Waals surface area contributed by atoms with Gasteiger partial charge in [0.15, 0.2) is 5.58 Å². The molecule has 1 aromatic heterocycles. The van der Waals surface area contributed by atoms with E-state index in [9.17, 15) is 4.79 Å². The lowest BCUT2D eigenvalue weighted by atomic mass is 10.1. The van der Waals surface area contributed by atoms with Gasteiger partial charge in [0.1, 0.15) is 5.69 Å². The van der Waals surface area contributed by atoms with E-state index in [0.717, 1.165) is 43.7 Å². The molecule has 21 heavy (non-hydrogen) atoms. The van der Waals surface area contributed by atoms with Crippen LogP contribution in [0.3, 0.4) is 0 Å². The second kappa shape index (κ2) is 6.69. The van der Waals surface area contributed by atoms with Crippen LogP contribution in [0.5, 0.6) is 0 Å². The number of nitrogens with one attached hydrogen (secondary N) is 2. The highest BCUT2D eigenvalue weighted by Gasteiger charge is 2.13. The minimum absolute atomic E-state index is 0.0100. The van der Waals surface area contributed by atoms with Crippen LogP contribution in [0.2, 0.25) is 0 Å². The molecule has 2 aromatic rings. The van der Waals surface area contributed by atoms with Gasteiger partial charge in [0.25, 0.3) is 0 Å². The fraction of sp³-hybridized carbons (Fsp3) is 0.467. The minimum Gasteiger partial charge on any atom is -0.356 e. The molecule has 1 fully saturated rings. The molecule has 0 radical (unpaired) electrons. The molecule has 0 spiro atoms. The summed E-state index contributed by atoms with van der Waals surface area (Å²) in [5, 5.41) is 11.2. The first-order valence-corrected chi connectivity index (χ1v) is 7.36. The Morgan fingerprint density at radius 1 is 1.33 bits per heavy atom. The molecule has 1 aliphatic heterocycles. The summed E-state index contributed by atoms with van der Waals surface area (Å²) >= 11 is 0. The number of aromatic nitrogens is 1. The third kappa shape index (κ3) is 3.59. The van der Waals surface area contributed by atoms with Crippen molar-refractivity contribution in [1.29, 1.82) is 0 Å². The topological polar surface area (TPSA) is 70.4 Å². The van der Waals surface area contributed by atoms with Crippen molar-refractivity contribution in [2.45, 2.75) is 6.42 Å². The number of carbonyl (C=O) groups excluding carboxylic acids is 1. The van der Waals surface area contributed by atoms with Crippen molar-refractivity contribution < 1.29 is 9.32 Å². The number of fused-ring (bicyclic) bond motifs is 1. The molecule has 0 unspecified atom stereocenters. The maximum atomic E-state index is 12.0. The summed E-state index contributed by atoms with van der Waals surface area (Å²) in [5.74, 6) is -0.0100. The second-order valence-electron chi connectivity index (χ2n) is 5.24. The fourth-order valence-corrected chi connectivity index (χ4v) is 2.57. The standard InChI is InChI=1S/C15H20N4O2/c20-15(17-7-10-19-8-5-16-6-9-19)11-13-12-3-1-2-4-14(12)21-18-13/h1-4,16H,5-11H2,(H,17,20). The lowest BCUT2D eigenvalue weighted by Crippen LogP contribution is -2.46. The molecule has 0 atom stereocenters. The van der Waals surface area contributed by atoms with Crippen LogP contribution in [-0.2, 0) is 11.2 Å². The monoisotopic (exact) mass is 288 g/mol. The molecular weight excluding hydrogens is 268 g/mol. The summed E-state index contributed by atoms with van der Waals surface area (Å²) in [5.41, 5.74) is 1.42. The zero-order valence-electron chi connectivity index (χ0n) is 12.0. The van der Waals surface area contributed by atoms with E-state index in [4.69, 9.17) is 4.52 Å². The smallest absolute Gasteiger partial charge is 0.226 e. The number of piperazine rings is 1. The Balaban J connectivity index is 1.47. The zero-order chi connectivity index (χ0) is 14.5. The molecule has 0 bridgehead atoms. The van der Waals surface area contributed by atoms with Crippen LogP contribution in [0, 0.1) is 0 Å². The molecule has 0 saturated carbocycles. The van der Waals surface area contributed by atoms with Crippen LogP contribution in [0.4, 0.5) is 0 Å². The number of rotatable bonds is 5. The third-order valence-corrected chi connectivity index (χ3v) is 3.74. The molecule has 6 nitrogen and oxygen atoms in total. The van der Waals surface area contributed by atoms with Crippen molar-refractivity contribution in [3.8, 4) is 0 Å². The van der Waals surface area contributed by atoms with Gasteiger partial charge in [0.05, 0.1) is 6.42 Å². The maximum Gasteiger partial charge on any atom is 0.226 e.